The third-order valence-corrected chi connectivity index (χ3v) is 5.92. The third kappa shape index (κ3) is 3.82. The van der Waals surface area contributed by atoms with Crippen LogP contribution in [0.25, 0.3) is 10.9 Å². The van der Waals surface area contributed by atoms with Gasteiger partial charge in [-0.2, -0.15) is 0 Å². The van der Waals surface area contributed by atoms with Gasteiger partial charge in [0.2, 0.25) is 0 Å². The Labute approximate surface area is 158 Å². The second kappa shape index (κ2) is 8.00. The summed E-state index contributed by atoms with van der Waals surface area (Å²) in [5, 5.41) is 4.24. The van der Waals surface area contributed by atoms with Gasteiger partial charge in [0, 0.05) is 23.0 Å². The molecule has 0 radical (unpaired) electrons. The highest BCUT2D eigenvalue weighted by atomic mass is 79.9. The molecule has 0 saturated carbocycles. The predicted molar refractivity (Wildman–Crippen MR) is 107 cm³/mol. The molecule has 1 N–H and O–H groups in total. The summed E-state index contributed by atoms with van der Waals surface area (Å²) in [6, 6.07) is 6.35. The molecule has 2 heterocycles. The van der Waals surface area contributed by atoms with E-state index in [0.717, 1.165) is 48.0 Å². The quantitative estimate of drug-likeness (QED) is 0.798. The Morgan fingerprint density at radius 2 is 2.20 bits per heavy atom. The summed E-state index contributed by atoms with van der Waals surface area (Å²) in [6.45, 7) is 8.26. The minimum Gasteiger partial charge on any atom is -0.314 e. The maximum absolute atomic E-state index is 13.1. The minimum absolute atomic E-state index is 0.0897. The summed E-state index contributed by atoms with van der Waals surface area (Å²) in [5.41, 5.74) is 0.905. The van der Waals surface area contributed by atoms with Crippen molar-refractivity contribution >= 4 is 26.8 Å². The first-order valence-electron chi connectivity index (χ1n) is 9.48. The van der Waals surface area contributed by atoms with Gasteiger partial charge in [0.1, 0.15) is 5.82 Å². The molecule has 1 aliphatic rings. The van der Waals surface area contributed by atoms with Crippen molar-refractivity contribution < 1.29 is 0 Å². The van der Waals surface area contributed by atoms with Gasteiger partial charge in [-0.25, -0.2) is 4.98 Å². The molecular formula is C20H28BrN3O. The number of aromatic nitrogens is 2. The Balaban J connectivity index is 2.13. The van der Waals surface area contributed by atoms with Gasteiger partial charge in [0.25, 0.3) is 5.56 Å². The Bertz CT molecular complexity index is 801. The van der Waals surface area contributed by atoms with Crippen LogP contribution in [0, 0.1) is 5.92 Å². The average molecular weight is 406 g/mol. The lowest BCUT2D eigenvalue weighted by atomic mass is 9.79. The number of halogens is 1. The highest BCUT2D eigenvalue weighted by Crippen LogP contribution is 2.35. The molecule has 1 aromatic carbocycles. The van der Waals surface area contributed by atoms with Crippen molar-refractivity contribution in [1.29, 1.82) is 0 Å². The molecule has 1 fully saturated rings. The molecule has 0 aliphatic carbocycles. The van der Waals surface area contributed by atoms with Gasteiger partial charge in [-0.15, -0.1) is 0 Å². The van der Waals surface area contributed by atoms with E-state index < -0.39 is 0 Å². The Morgan fingerprint density at radius 3 is 2.88 bits per heavy atom. The molecule has 2 aromatic rings. The number of piperidine rings is 1. The Hall–Kier alpha value is -1.20. The number of hydrogen-bond acceptors (Lipinski definition) is 3. The fourth-order valence-corrected chi connectivity index (χ4v) is 4.58. The lowest BCUT2D eigenvalue weighted by Gasteiger charge is -2.34. The summed E-state index contributed by atoms with van der Waals surface area (Å²) in [5.74, 6) is 1.94. The molecule has 5 heteroatoms. The van der Waals surface area contributed by atoms with E-state index in [1.54, 1.807) is 0 Å². The van der Waals surface area contributed by atoms with Crippen molar-refractivity contribution in [3.63, 3.8) is 0 Å². The van der Waals surface area contributed by atoms with Crippen molar-refractivity contribution in [3.05, 3.63) is 38.9 Å². The molecule has 0 bridgehead atoms. The predicted octanol–water partition coefficient (Wildman–Crippen LogP) is 4.45. The fraction of sp³-hybridized carbons (Fsp3) is 0.600. The lowest BCUT2D eigenvalue weighted by Crippen LogP contribution is -2.39. The molecule has 0 unspecified atom stereocenters. The van der Waals surface area contributed by atoms with Gasteiger partial charge >= 0.3 is 0 Å². The van der Waals surface area contributed by atoms with E-state index in [1.807, 2.05) is 29.7 Å². The molecule has 1 saturated heterocycles. The minimum atomic E-state index is 0.0897. The van der Waals surface area contributed by atoms with Crippen LogP contribution in [0.4, 0.5) is 0 Å². The molecule has 136 valence electrons. The van der Waals surface area contributed by atoms with Crippen molar-refractivity contribution in [2.45, 2.75) is 65.0 Å². The van der Waals surface area contributed by atoms with E-state index in [1.165, 1.54) is 0 Å². The van der Waals surface area contributed by atoms with Crippen LogP contribution in [0.1, 0.15) is 58.2 Å². The highest BCUT2D eigenvalue weighted by molar-refractivity contribution is 9.10. The first-order valence-corrected chi connectivity index (χ1v) is 10.3. The summed E-state index contributed by atoms with van der Waals surface area (Å²) in [4.78, 5) is 18.1. The van der Waals surface area contributed by atoms with E-state index in [4.69, 9.17) is 4.98 Å². The highest BCUT2D eigenvalue weighted by Gasteiger charge is 2.30. The Kier molecular flexibility index (Phi) is 5.95. The first kappa shape index (κ1) is 18.6. The SMILES string of the molecule is CCC[C@@H](c1nc2ccc(Br)cc2c(=O)n1CC)[C@@H]1CCN[C@@H](C)C1. The maximum atomic E-state index is 13.1. The summed E-state index contributed by atoms with van der Waals surface area (Å²) < 4.78 is 2.83. The number of nitrogens with zero attached hydrogens (tertiary/aromatic N) is 2. The molecule has 0 spiro atoms. The normalized spacial score (nSPS) is 22.2. The van der Waals surface area contributed by atoms with Crippen LogP contribution in [0.5, 0.6) is 0 Å². The third-order valence-electron chi connectivity index (χ3n) is 5.43. The van der Waals surface area contributed by atoms with Crippen LogP contribution in [0.3, 0.4) is 0 Å². The number of hydrogen-bond donors (Lipinski definition) is 1. The van der Waals surface area contributed by atoms with E-state index in [9.17, 15) is 4.79 Å². The van der Waals surface area contributed by atoms with Crippen LogP contribution in [-0.4, -0.2) is 22.1 Å². The number of fused-ring (bicyclic) bond motifs is 1. The standard InChI is InChI=1S/C20H28BrN3O/c1-4-6-16(14-9-10-22-13(3)11-14)19-23-18-8-7-15(21)12-17(18)20(25)24(19)5-2/h7-8,12-14,16,22H,4-6,9-11H2,1-3H3/t13-,14+,16+/m0/s1. The average Bonchev–Trinajstić information content (AvgIpc) is 2.60. The monoisotopic (exact) mass is 405 g/mol. The van der Waals surface area contributed by atoms with Crippen LogP contribution in [0.15, 0.2) is 27.5 Å². The molecule has 1 aromatic heterocycles. The Morgan fingerprint density at radius 1 is 1.40 bits per heavy atom. The zero-order chi connectivity index (χ0) is 18.0. The van der Waals surface area contributed by atoms with Gasteiger partial charge < -0.3 is 5.32 Å². The van der Waals surface area contributed by atoms with Crippen LogP contribution in [-0.2, 0) is 6.54 Å². The molecule has 3 atom stereocenters. The van der Waals surface area contributed by atoms with Crippen LogP contribution in [0.2, 0.25) is 0 Å². The van der Waals surface area contributed by atoms with E-state index in [0.29, 0.717) is 29.8 Å². The van der Waals surface area contributed by atoms with Gasteiger partial charge in [0.05, 0.1) is 10.9 Å². The topological polar surface area (TPSA) is 46.9 Å². The van der Waals surface area contributed by atoms with E-state index in [2.05, 4.69) is 35.1 Å². The molecule has 25 heavy (non-hydrogen) atoms. The smallest absolute Gasteiger partial charge is 0.261 e. The largest absolute Gasteiger partial charge is 0.314 e. The molecule has 3 rings (SSSR count). The lowest BCUT2D eigenvalue weighted by molar-refractivity contribution is 0.253. The second-order valence-corrected chi connectivity index (χ2v) is 8.13. The summed E-state index contributed by atoms with van der Waals surface area (Å²) >= 11 is 3.47. The number of rotatable bonds is 5. The van der Waals surface area contributed by atoms with Crippen LogP contribution < -0.4 is 10.9 Å². The molecule has 4 nitrogen and oxygen atoms in total. The zero-order valence-electron chi connectivity index (χ0n) is 15.4. The zero-order valence-corrected chi connectivity index (χ0v) is 17.0. The molecule has 1 aliphatic heterocycles. The molecular weight excluding hydrogens is 378 g/mol. The fourth-order valence-electron chi connectivity index (χ4n) is 4.22. The van der Waals surface area contributed by atoms with E-state index >= 15 is 0 Å². The number of benzene rings is 1. The van der Waals surface area contributed by atoms with Gasteiger partial charge in [-0.3, -0.25) is 9.36 Å². The summed E-state index contributed by atoms with van der Waals surface area (Å²) in [7, 11) is 0. The molecule has 0 amide bonds. The number of nitrogens with one attached hydrogen (secondary N) is 1. The van der Waals surface area contributed by atoms with Crippen molar-refractivity contribution in [2.75, 3.05) is 6.54 Å². The van der Waals surface area contributed by atoms with Gasteiger partial charge in [0.15, 0.2) is 0 Å². The van der Waals surface area contributed by atoms with Crippen molar-refractivity contribution in [3.8, 4) is 0 Å². The first-order chi connectivity index (χ1) is 12.0. The second-order valence-electron chi connectivity index (χ2n) is 7.22. The van der Waals surface area contributed by atoms with Crippen LogP contribution >= 0.6 is 15.9 Å². The van der Waals surface area contributed by atoms with Gasteiger partial charge in [-0.1, -0.05) is 29.3 Å². The van der Waals surface area contributed by atoms with Gasteiger partial charge in [-0.05, 0) is 63.8 Å². The summed E-state index contributed by atoms with van der Waals surface area (Å²) in [6.07, 6.45) is 4.52. The van der Waals surface area contributed by atoms with Crippen molar-refractivity contribution in [2.24, 2.45) is 5.92 Å². The van der Waals surface area contributed by atoms with Crippen molar-refractivity contribution in [1.82, 2.24) is 14.9 Å². The van der Waals surface area contributed by atoms with E-state index in [-0.39, 0.29) is 5.56 Å². The maximum Gasteiger partial charge on any atom is 0.261 e.